The Morgan fingerprint density at radius 3 is 2.56 bits per heavy atom. The molecular formula is C13H17FN2O2. The summed E-state index contributed by atoms with van der Waals surface area (Å²) in [7, 11) is 0. The van der Waals surface area contributed by atoms with Crippen LogP contribution in [0.2, 0.25) is 0 Å². The normalized spacial score (nSPS) is 17.1. The summed E-state index contributed by atoms with van der Waals surface area (Å²) in [5.41, 5.74) is -0.332. The molecule has 5 heteroatoms. The first-order valence-electron chi connectivity index (χ1n) is 5.94. The topological polar surface area (TPSA) is 51.2 Å². The van der Waals surface area contributed by atoms with Gasteiger partial charge in [-0.2, -0.15) is 0 Å². The number of carbonyl (C=O) groups excluding carboxylic acids is 1. The van der Waals surface area contributed by atoms with E-state index in [4.69, 9.17) is 4.74 Å². The third-order valence-corrected chi connectivity index (χ3v) is 2.71. The summed E-state index contributed by atoms with van der Waals surface area (Å²) < 4.78 is 18.0. The van der Waals surface area contributed by atoms with E-state index in [0.29, 0.717) is 5.69 Å². The van der Waals surface area contributed by atoms with Crippen molar-refractivity contribution in [3.05, 3.63) is 29.8 Å². The Bertz CT molecular complexity index is 447. The highest BCUT2D eigenvalue weighted by molar-refractivity contribution is 5.69. The van der Waals surface area contributed by atoms with Crippen molar-refractivity contribution in [3.8, 4) is 0 Å². The molecule has 1 fully saturated rings. The molecule has 0 radical (unpaired) electrons. The Kier molecular flexibility index (Phi) is 3.00. The Labute approximate surface area is 106 Å². The molecule has 1 aliphatic rings. The highest BCUT2D eigenvalue weighted by Crippen LogP contribution is 2.44. The van der Waals surface area contributed by atoms with Crippen LogP contribution in [-0.2, 0) is 10.3 Å². The molecule has 0 unspecified atom stereocenters. The third kappa shape index (κ3) is 2.97. The number of pyridine rings is 1. The van der Waals surface area contributed by atoms with Gasteiger partial charge in [0.05, 0.1) is 17.4 Å². The van der Waals surface area contributed by atoms with E-state index in [-0.39, 0.29) is 5.82 Å². The highest BCUT2D eigenvalue weighted by atomic mass is 19.1. The van der Waals surface area contributed by atoms with E-state index in [0.717, 1.165) is 19.0 Å². The molecule has 0 saturated heterocycles. The summed E-state index contributed by atoms with van der Waals surface area (Å²) in [6.07, 6.45) is 2.29. The lowest BCUT2D eigenvalue weighted by atomic mass is 10.1. The Morgan fingerprint density at radius 2 is 2.11 bits per heavy atom. The monoisotopic (exact) mass is 252 g/mol. The zero-order chi connectivity index (χ0) is 13.4. The average Bonchev–Trinajstić information content (AvgIpc) is 2.96. The van der Waals surface area contributed by atoms with Crippen LogP contribution in [0, 0.1) is 5.82 Å². The minimum atomic E-state index is -0.531. The molecule has 0 aliphatic heterocycles. The molecule has 0 atom stereocenters. The van der Waals surface area contributed by atoms with Gasteiger partial charge in [-0.1, -0.05) is 0 Å². The fraction of sp³-hybridized carbons (Fsp3) is 0.538. The van der Waals surface area contributed by atoms with Crippen LogP contribution < -0.4 is 5.32 Å². The molecule has 1 amide bonds. The van der Waals surface area contributed by atoms with Crippen molar-refractivity contribution < 1.29 is 13.9 Å². The Balaban J connectivity index is 2.04. The molecule has 0 bridgehead atoms. The SMILES string of the molecule is CC(C)(C)OC(=O)NC1(c2ccc(F)cn2)CC1. The van der Waals surface area contributed by atoms with Gasteiger partial charge in [0.1, 0.15) is 11.4 Å². The fourth-order valence-electron chi connectivity index (χ4n) is 1.73. The van der Waals surface area contributed by atoms with E-state index in [9.17, 15) is 9.18 Å². The second kappa shape index (κ2) is 4.23. The first-order valence-corrected chi connectivity index (χ1v) is 5.94. The number of rotatable bonds is 2. The Morgan fingerprint density at radius 1 is 1.44 bits per heavy atom. The number of nitrogens with zero attached hydrogens (tertiary/aromatic N) is 1. The molecule has 1 aliphatic carbocycles. The van der Waals surface area contributed by atoms with Crippen molar-refractivity contribution in [2.24, 2.45) is 0 Å². The van der Waals surface area contributed by atoms with Crippen molar-refractivity contribution in [2.75, 3.05) is 0 Å². The van der Waals surface area contributed by atoms with Gasteiger partial charge >= 0.3 is 6.09 Å². The number of hydrogen-bond acceptors (Lipinski definition) is 3. The van der Waals surface area contributed by atoms with Crippen LogP contribution in [0.25, 0.3) is 0 Å². The van der Waals surface area contributed by atoms with E-state index in [2.05, 4.69) is 10.3 Å². The predicted octanol–water partition coefficient (Wildman–Crippen LogP) is 2.73. The molecule has 4 nitrogen and oxygen atoms in total. The maximum Gasteiger partial charge on any atom is 0.408 e. The highest BCUT2D eigenvalue weighted by Gasteiger charge is 2.47. The second-order valence-corrected chi connectivity index (χ2v) is 5.57. The smallest absolute Gasteiger partial charge is 0.408 e. The molecule has 18 heavy (non-hydrogen) atoms. The van der Waals surface area contributed by atoms with Crippen LogP contribution in [0.5, 0.6) is 0 Å². The molecule has 1 aromatic rings. The van der Waals surface area contributed by atoms with Gasteiger partial charge in [0.15, 0.2) is 0 Å². The molecular weight excluding hydrogens is 235 g/mol. The van der Waals surface area contributed by atoms with Gasteiger partial charge in [0, 0.05) is 0 Å². The molecule has 98 valence electrons. The van der Waals surface area contributed by atoms with Crippen LogP contribution in [-0.4, -0.2) is 16.7 Å². The van der Waals surface area contributed by atoms with Crippen molar-refractivity contribution in [1.82, 2.24) is 10.3 Å². The van der Waals surface area contributed by atoms with Gasteiger partial charge in [-0.3, -0.25) is 4.98 Å². The lowest BCUT2D eigenvalue weighted by Crippen LogP contribution is -2.39. The largest absolute Gasteiger partial charge is 0.444 e. The number of amides is 1. The Hall–Kier alpha value is -1.65. The fourth-order valence-corrected chi connectivity index (χ4v) is 1.73. The summed E-state index contributed by atoms with van der Waals surface area (Å²) >= 11 is 0. The number of nitrogens with one attached hydrogen (secondary N) is 1. The van der Waals surface area contributed by atoms with Gasteiger partial charge in [0.25, 0.3) is 0 Å². The van der Waals surface area contributed by atoms with Crippen LogP contribution in [0.15, 0.2) is 18.3 Å². The first kappa shape index (κ1) is 12.8. The van der Waals surface area contributed by atoms with Crippen LogP contribution in [0.3, 0.4) is 0 Å². The number of halogens is 1. The maximum atomic E-state index is 12.8. The number of ether oxygens (including phenoxy) is 1. The predicted molar refractivity (Wildman–Crippen MR) is 64.5 cm³/mol. The number of carbonyl (C=O) groups is 1. The number of aromatic nitrogens is 1. The van der Waals surface area contributed by atoms with Crippen LogP contribution >= 0.6 is 0 Å². The quantitative estimate of drug-likeness (QED) is 0.880. The third-order valence-electron chi connectivity index (χ3n) is 2.71. The lowest BCUT2D eigenvalue weighted by Gasteiger charge is -2.23. The molecule has 1 heterocycles. The maximum absolute atomic E-state index is 12.8. The van der Waals surface area contributed by atoms with E-state index in [1.807, 2.05) is 20.8 Å². The minimum absolute atomic E-state index is 0.383. The summed E-state index contributed by atoms with van der Waals surface area (Å²) in [5, 5.41) is 2.81. The van der Waals surface area contributed by atoms with Gasteiger partial charge in [-0.05, 0) is 45.7 Å². The van der Waals surface area contributed by atoms with Gasteiger partial charge in [-0.25, -0.2) is 9.18 Å². The first-order chi connectivity index (χ1) is 8.31. The van der Waals surface area contributed by atoms with Crippen molar-refractivity contribution in [3.63, 3.8) is 0 Å². The zero-order valence-electron chi connectivity index (χ0n) is 10.8. The standard InChI is InChI=1S/C13H17FN2O2/c1-12(2,3)18-11(17)16-13(6-7-13)10-5-4-9(14)8-15-10/h4-5,8H,6-7H2,1-3H3,(H,16,17). The molecule has 0 spiro atoms. The van der Waals surface area contributed by atoms with Crippen LogP contribution in [0.1, 0.15) is 39.3 Å². The van der Waals surface area contributed by atoms with Crippen molar-refractivity contribution in [1.29, 1.82) is 0 Å². The van der Waals surface area contributed by atoms with Gasteiger partial charge in [0.2, 0.25) is 0 Å². The number of hydrogen-bond donors (Lipinski definition) is 1. The molecule has 1 saturated carbocycles. The summed E-state index contributed by atoms with van der Waals surface area (Å²) in [6, 6.07) is 2.94. The second-order valence-electron chi connectivity index (χ2n) is 5.57. The summed E-state index contributed by atoms with van der Waals surface area (Å²) in [6.45, 7) is 5.42. The zero-order valence-corrected chi connectivity index (χ0v) is 10.8. The number of alkyl carbamates (subject to hydrolysis) is 1. The molecule has 2 rings (SSSR count). The molecule has 1 N–H and O–H groups in total. The minimum Gasteiger partial charge on any atom is -0.444 e. The van der Waals surface area contributed by atoms with Crippen LogP contribution in [0.4, 0.5) is 9.18 Å². The van der Waals surface area contributed by atoms with E-state index in [1.165, 1.54) is 6.07 Å². The average molecular weight is 252 g/mol. The van der Waals surface area contributed by atoms with Crippen molar-refractivity contribution >= 4 is 6.09 Å². The van der Waals surface area contributed by atoms with E-state index >= 15 is 0 Å². The lowest BCUT2D eigenvalue weighted by molar-refractivity contribution is 0.0494. The van der Waals surface area contributed by atoms with E-state index < -0.39 is 17.2 Å². The summed E-state index contributed by atoms with van der Waals surface area (Å²) in [4.78, 5) is 15.7. The van der Waals surface area contributed by atoms with Crippen molar-refractivity contribution in [2.45, 2.75) is 44.8 Å². The summed E-state index contributed by atoms with van der Waals surface area (Å²) in [5.74, 6) is -0.383. The molecule has 0 aromatic carbocycles. The molecule has 1 aromatic heterocycles. The van der Waals surface area contributed by atoms with E-state index in [1.54, 1.807) is 6.07 Å². The van der Waals surface area contributed by atoms with Gasteiger partial charge in [-0.15, -0.1) is 0 Å². The van der Waals surface area contributed by atoms with Gasteiger partial charge < -0.3 is 10.1 Å².